The predicted molar refractivity (Wildman–Crippen MR) is 71.9 cm³/mol. The van der Waals surface area contributed by atoms with Crippen LogP contribution in [0.3, 0.4) is 0 Å². The molecule has 4 N–H and O–H groups in total. The summed E-state index contributed by atoms with van der Waals surface area (Å²) >= 11 is 4.78. The van der Waals surface area contributed by atoms with Crippen molar-refractivity contribution in [3.05, 3.63) is 29.6 Å². The Hall–Kier alpha value is -1.69. The van der Waals surface area contributed by atoms with Crippen LogP contribution in [0.5, 0.6) is 0 Å². The second-order valence-electron chi connectivity index (χ2n) is 4.24. The maximum atomic E-state index is 13.8. The molecule has 0 aromatic heterocycles. The first-order valence-corrected chi connectivity index (χ1v) is 6.09. The van der Waals surface area contributed by atoms with Crippen molar-refractivity contribution in [2.45, 2.75) is 18.9 Å². The van der Waals surface area contributed by atoms with Gasteiger partial charge in [0.05, 0.1) is 5.69 Å². The fraction of sp³-hybridized carbons (Fsp3) is 0.333. The summed E-state index contributed by atoms with van der Waals surface area (Å²) in [6.07, 6.45) is 1.16. The first-order valence-electron chi connectivity index (χ1n) is 5.69. The second-order valence-corrected chi connectivity index (χ2v) is 4.68. The van der Waals surface area contributed by atoms with Crippen molar-refractivity contribution in [3.63, 3.8) is 0 Å². The lowest BCUT2D eigenvalue weighted by atomic mass is 10.1. The average Bonchev–Trinajstić information content (AvgIpc) is 2.34. The Bertz CT molecular complexity index is 482. The Morgan fingerprint density at radius 3 is 2.89 bits per heavy atom. The van der Waals surface area contributed by atoms with Gasteiger partial charge in [0.15, 0.2) is 0 Å². The maximum absolute atomic E-state index is 13.8. The van der Waals surface area contributed by atoms with Crippen LogP contribution in [0.25, 0.3) is 0 Å². The van der Waals surface area contributed by atoms with E-state index in [1.807, 2.05) is 0 Å². The summed E-state index contributed by atoms with van der Waals surface area (Å²) in [5.74, 6) is -0.352. The van der Waals surface area contributed by atoms with Crippen LogP contribution in [0.15, 0.2) is 18.2 Å². The lowest BCUT2D eigenvalue weighted by Gasteiger charge is -2.24. The third-order valence-electron chi connectivity index (χ3n) is 2.88. The fourth-order valence-corrected chi connectivity index (χ4v) is 1.99. The van der Waals surface area contributed by atoms with Crippen molar-refractivity contribution < 1.29 is 9.18 Å². The molecule has 1 fully saturated rings. The predicted octanol–water partition coefficient (Wildman–Crippen LogP) is 1.15. The normalized spacial score (nSPS) is 19.2. The molecule has 1 amide bonds. The van der Waals surface area contributed by atoms with Gasteiger partial charge in [-0.3, -0.25) is 4.79 Å². The standard InChI is InChI=1S/C12H14FN3OS/c13-9-5-7(12(14)18)1-3-10(9)16-8-2-4-11(17)15-6-8/h1,3,5,8,16H,2,4,6H2,(H2,14,18)(H,15,17). The number of piperidine rings is 1. The third kappa shape index (κ3) is 2.95. The van der Waals surface area contributed by atoms with Gasteiger partial charge in [0.25, 0.3) is 0 Å². The minimum atomic E-state index is -0.391. The molecule has 1 saturated heterocycles. The van der Waals surface area contributed by atoms with Crippen LogP contribution in [0.4, 0.5) is 10.1 Å². The van der Waals surface area contributed by atoms with E-state index < -0.39 is 5.82 Å². The quantitative estimate of drug-likeness (QED) is 0.719. The van der Waals surface area contributed by atoms with Crippen LogP contribution < -0.4 is 16.4 Å². The van der Waals surface area contributed by atoms with E-state index in [1.165, 1.54) is 6.07 Å². The number of nitrogens with one attached hydrogen (secondary N) is 2. The number of hydrogen-bond donors (Lipinski definition) is 3. The molecular formula is C12H14FN3OS. The number of thiocarbonyl (C=S) groups is 1. The number of anilines is 1. The van der Waals surface area contributed by atoms with Gasteiger partial charge in [-0.15, -0.1) is 0 Å². The van der Waals surface area contributed by atoms with E-state index in [1.54, 1.807) is 12.1 Å². The average molecular weight is 267 g/mol. The number of carbonyl (C=O) groups excluding carboxylic acids is 1. The molecule has 0 saturated carbocycles. The highest BCUT2D eigenvalue weighted by molar-refractivity contribution is 7.80. The number of carbonyl (C=O) groups is 1. The molecule has 0 radical (unpaired) electrons. The van der Waals surface area contributed by atoms with Crippen molar-refractivity contribution in [1.29, 1.82) is 0 Å². The largest absolute Gasteiger partial charge is 0.389 e. The molecule has 1 aliphatic rings. The van der Waals surface area contributed by atoms with Crippen LogP contribution in [-0.2, 0) is 4.79 Å². The topological polar surface area (TPSA) is 67.1 Å². The fourth-order valence-electron chi connectivity index (χ4n) is 1.86. The Morgan fingerprint density at radius 1 is 1.56 bits per heavy atom. The lowest BCUT2D eigenvalue weighted by molar-refractivity contribution is -0.122. The van der Waals surface area contributed by atoms with Gasteiger partial charge in [-0.05, 0) is 24.6 Å². The molecule has 0 spiro atoms. The molecule has 1 aliphatic heterocycles. The van der Waals surface area contributed by atoms with Crippen LogP contribution in [0, 0.1) is 5.82 Å². The first kappa shape index (κ1) is 12.8. The zero-order valence-corrected chi connectivity index (χ0v) is 10.5. The zero-order valence-electron chi connectivity index (χ0n) is 9.70. The first-order chi connectivity index (χ1) is 8.56. The van der Waals surface area contributed by atoms with Gasteiger partial charge in [-0.25, -0.2) is 4.39 Å². The Labute approximate surface area is 110 Å². The van der Waals surface area contributed by atoms with Gasteiger partial charge < -0.3 is 16.4 Å². The highest BCUT2D eigenvalue weighted by Crippen LogP contribution is 2.18. The molecule has 18 heavy (non-hydrogen) atoms. The summed E-state index contributed by atoms with van der Waals surface area (Å²) in [4.78, 5) is 11.2. The van der Waals surface area contributed by atoms with Crippen LogP contribution in [0.2, 0.25) is 0 Å². The minimum absolute atomic E-state index is 0.0392. The summed E-state index contributed by atoms with van der Waals surface area (Å²) < 4.78 is 13.8. The van der Waals surface area contributed by atoms with E-state index in [4.69, 9.17) is 18.0 Å². The van der Waals surface area contributed by atoms with Gasteiger partial charge in [-0.1, -0.05) is 12.2 Å². The number of amides is 1. The Balaban J connectivity index is 2.05. The van der Waals surface area contributed by atoms with Crippen molar-refractivity contribution in [2.24, 2.45) is 5.73 Å². The number of benzene rings is 1. The van der Waals surface area contributed by atoms with Crippen LogP contribution in [0.1, 0.15) is 18.4 Å². The summed E-state index contributed by atoms with van der Waals surface area (Å²) in [6.45, 7) is 0.509. The SMILES string of the molecule is NC(=S)c1ccc(NC2CCC(=O)NC2)c(F)c1. The van der Waals surface area contributed by atoms with Gasteiger partial charge >= 0.3 is 0 Å². The second kappa shape index (κ2) is 5.30. The molecule has 1 atom stereocenters. The van der Waals surface area contributed by atoms with E-state index in [0.717, 1.165) is 0 Å². The minimum Gasteiger partial charge on any atom is -0.389 e. The van der Waals surface area contributed by atoms with Crippen LogP contribution >= 0.6 is 12.2 Å². The van der Waals surface area contributed by atoms with E-state index in [2.05, 4.69) is 10.6 Å². The summed E-state index contributed by atoms with van der Waals surface area (Å²) in [7, 11) is 0. The van der Waals surface area contributed by atoms with Crippen molar-refractivity contribution >= 4 is 28.8 Å². The number of halogens is 1. The van der Waals surface area contributed by atoms with E-state index >= 15 is 0 Å². The van der Waals surface area contributed by atoms with Crippen molar-refractivity contribution in [1.82, 2.24) is 5.32 Å². The molecule has 1 heterocycles. The zero-order chi connectivity index (χ0) is 13.1. The molecular weight excluding hydrogens is 253 g/mol. The Kier molecular flexibility index (Phi) is 3.76. The summed E-state index contributed by atoms with van der Waals surface area (Å²) in [5.41, 5.74) is 6.33. The summed E-state index contributed by atoms with van der Waals surface area (Å²) in [6, 6.07) is 4.65. The highest BCUT2D eigenvalue weighted by Gasteiger charge is 2.18. The van der Waals surface area contributed by atoms with E-state index in [9.17, 15) is 9.18 Å². The molecule has 6 heteroatoms. The molecule has 2 rings (SSSR count). The smallest absolute Gasteiger partial charge is 0.220 e. The molecule has 4 nitrogen and oxygen atoms in total. The monoisotopic (exact) mass is 267 g/mol. The van der Waals surface area contributed by atoms with Gasteiger partial charge in [0, 0.05) is 24.6 Å². The van der Waals surface area contributed by atoms with E-state index in [-0.39, 0.29) is 16.9 Å². The molecule has 1 unspecified atom stereocenters. The third-order valence-corrected chi connectivity index (χ3v) is 3.11. The van der Waals surface area contributed by atoms with E-state index in [0.29, 0.717) is 30.6 Å². The Morgan fingerprint density at radius 2 is 2.33 bits per heavy atom. The van der Waals surface area contributed by atoms with Crippen molar-refractivity contribution in [3.8, 4) is 0 Å². The molecule has 1 aromatic rings. The number of hydrogen-bond acceptors (Lipinski definition) is 3. The van der Waals surface area contributed by atoms with Crippen LogP contribution in [-0.4, -0.2) is 23.5 Å². The number of rotatable bonds is 3. The number of nitrogens with two attached hydrogens (primary N) is 1. The molecule has 1 aromatic carbocycles. The van der Waals surface area contributed by atoms with Gasteiger partial charge in [-0.2, -0.15) is 0 Å². The lowest BCUT2D eigenvalue weighted by Crippen LogP contribution is -2.42. The molecule has 0 bridgehead atoms. The highest BCUT2D eigenvalue weighted by atomic mass is 32.1. The van der Waals surface area contributed by atoms with Gasteiger partial charge in [0.2, 0.25) is 5.91 Å². The molecule has 0 aliphatic carbocycles. The maximum Gasteiger partial charge on any atom is 0.220 e. The van der Waals surface area contributed by atoms with Crippen molar-refractivity contribution in [2.75, 3.05) is 11.9 Å². The summed E-state index contributed by atoms with van der Waals surface area (Å²) in [5, 5.41) is 5.80. The molecule has 96 valence electrons. The van der Waals surface area contributed by atoms with Gasteiger partial charge in [0.1, 0.15) is 10.8 Å².